The Labute approximate surface area is 213 Å². The monoisotopic (exact) mass is 567 g/mol. The van der Waals surface area contributed by atoms with Crippen molar-refractivity contribution in [3.63, 3.8) is 0 Å². The van der Waals surface area contributed by atoms with Crippen molar-refractivity contribution in [2.45, 2.75) is 31.8 Å². The molecule has 2 aromatic carbocycles. The van der Waals surface area contributed by atoms with Crippen molar-refractivity contribution in [1.82, 2.24) is 20.4 Å². The zero-order valence-electron chi connectivity index (χ0n) is 19.5. The first-order valence-corrected chi connectivity index (χ1v) is 11.3. The van der Waals surface area contributed by atoms with Crippen molar-refractivity contribution >= 4 is 35.8 Å². The van der Waals surface area contributed by atoms with Crippen LogP contribution in [0.15, 0.2) is 59.6 Å². The lowest BCUT2D eigenvalue weighted by atomic mass is 10.0. The summed E-state index contributed by atoms with van der Waals surface area (Å²) < 4.78 is 13.4. The van der Waals surface area contributed by atoms with Crippen molar-refractivity contribution in [2.75, 3.05) is 40.3 Å². The van der Waals surface area contributed by atoms with Crippen LogP contribution in [0.4, 0.5) is 4.39 Å². The second kappa shape index (κ2) is 14.1. The van der Waals surface area contributed by atoms with Crippen LogP contribution in [0.1, 0.15) is 24.0 Å². The second-order valence-corrected chi connectivity index (χ2v) is 8.44. The molecule has 0 unspecified atom stereocenters. The van der Waals surface area contributed by atoms with Gasteiger partial charge in [-0.25, -0.2) is 9.38 Å². The SMILES string of the molecule is CN(C)C(=O)CN=C(NCCc1cccc(F)c1)NC1CCN(Cc2ccccc2)CC1.I. The molecule has 6 nitrogen and oxygen atoms in total. The van der Waals surface area contributed by atoms with E-state index in [4.69, 9.17) is 0 Å². The predicted molar refractivity (Wildman–Crippen MR) is 142 cm³/mol. The number of guanidine groups is 1. The number of hydrogen-bond donors (Lipinski definition) is 2. The van der Waals surface area contributed by atoms with E-state index in [9.17, 15) is 9.18 Å². The largest absolute Gasteiger partial charge is 0.356 e. The van der Waals surface area contributed by atoms with Crippen molar-refractivity contribution in [3.05, 3.63) is 71.5 Å². The van der Waals surface area contributed by atoms with Gasteiger partial charge < -0.3 is 15.5 Å². The fraction of sp³-hybridized carbons (Fsp3) is 0.440. The minimum absolute atomic E-state index is 0. The second-order valence-electron chi connectivity index (χ2n) is 8.44. The fourth-order valence-corrected chi connectivity index (χ4v) is 3.73. The van der Waals surface area contributed by atoms with E-state index in [2.05, 4.69) is 44.8 Å². The molecule has 1 amide bonds. The molecule has 1 aliphatic heterocycles. The Morgan fingerprint density at radius 2 is 1.79 bits per heavy atom. The Kier molecular flexibility index (Phi) is 11.6. The third kappa shape index (κ3) is 9.67. The number of nitrogens with one attached hydrogen (secondary N) is 2. The van der Waals surface area contributed by atoms with Crippen molar-refractivity contribution in [2.24, 2.45) is 4.99 Å². The minimum atomic E-state index is -0.228. The van der Waals surface area contributed by atoms with Crippen LogP contribution in [0, 0.1) is 5.82 Å². The molecule has 33 heavy (non-hydrogen) atoms. The number of likely N-dealkylation sites (N-methyl/N-ethyl adjacent to an activating group) is 1. The van der Waals surface area contributed by atoms with E-state index >= 15 is 0 Å². The molecule has 0 radical (unpaired) electrons. The third-order valence-corrected chi connectivity index (χ3v) is 5.64. The zero-order valence-corrected chi connectivity index (χ0v) is 21.8. The lowest BCUT2D eigenvalue weighted by Crippen LogP contribution is -2.49. The summed E-state index contributed by atoms with van der Waals surface area (Å²) in [5.74, 6) is 0.361. The maximum Gasteiger partial charge on any atom is 0.243 e. The van der Waals surface area contributed by atoms with E-state index in [1.807, 2.05) is 12.1 Å². The summed E-state index contributed by atoms with van der Waals surface area (Å²) in [6, 6.07) is 17.5. The number of rotatable bonds is 8. The first kappa shape index (κ1) is 27.0. The number of carbonyl (C=O) groups excluding carboxylic acids is 1. The van der Waals surface area contributed by atoms with Crippen LogP contribution >= 0.6 is 24.0 Å². The lowest BCUT2D eigenvalue weighted by Gasteiger charge is -2.33. The van der Waals surface area contributed by atoms with Gasteiger partial charge in [0.2, 0.25) is 5.91 Å². The highest BCUT2D eigenvalue weighted by Crippen LogP contribution is 2.14. The van der Waals surface area contributed by atoms with E-state index in [0.29, 0.717) is 25.0 Å². The normalized spacial score (nSPS) is 14.9. The molecule has 0 spiro atoms. The Morgan fingerprint density at radius 3 is 2.45 bits per heavy atom. The molecule has 1 fully saturated rings. The molecule has 1 saturated heterocycles. The molecular weight excluding hydrogens is 532 g/mol. The Morgan fingerprint density at radius 1 is 1.09 bits per heavy atom. The number of halogens is 2. The predicted octanol–water partition coefficient (Wildman–Crippen LogP) is 3.27. The lowest BCUT2D eigenvalue weighted by molar-refractivity contribution is -0.127. The van der Waals surface area contributed by atoms with Gasteiger partial charge in [-0.3, -0.25) is 9.69 Å². The number of carbonyl (C=O) groups is 1. The molecule has 3 rings (SSSR count). The Bertz CT molecular complexity index is 885. The van der Waals surface area contributed by atoms with Crippen LogP contribution in [0.5, 0.6) is 0 Å². The fourth-order valence-electron chi connectivity index (χ4n) is 3.73. The highest BCUT2D eigenvalue weighted by atomic mass is 127. The summed E-state index contributed by atoms with van der Waals surface area (Å²) in [4.78, 5) is 20.5. The van der Waals surface area contributed by atoms with Crippen LogP contribution in [-0.4, -0.2) is 68.0 Å². The summed E-state index contributed by atoms with van der Waals surface area (Å²) in [6.45, 7) is 3.70. The van der Waals surface area contributed by atoms with Crippen LogP contribution in [0.25, 0.3) is 0 Å². The average Bonchev–Trinajstić information content (AvgIpc) is 2.79. The van der Waals surface area contributed by atoms with Crippen molar-refractivity contribution in [3.8, 4) is 0 Å². The van der Waals surface area contributed by atoms with Gasteiger partial charge in [-0.05, 0) is 42.5 Å². The van der Waals surface area contributed by atoms with E-state index < -0.39 is 0 Å². The molecule has 2 aromatic rings. The first-order chi connectivity index (χ1) is 15.5. The first-order valence-electron chi connectivity index (χ1n) is 11.3. The average molecular weight is 567 g/mol. The summed E-state index contributed by atoms with van der Waals surface area (Å²) in [7, 11) is 3.45. The molecule has 1 aliphatic rings. The van der Waals surface area contributed by atoms with Crippen molar-refractivity contribution in [1.29, 1.82) is 0 Å². The molecule has 2 N–H and O–H groups in total. The third-order valence-electron chi connectivity index (χ3n) is 5.64. The van der Waals surface area contributed by atoms with E-state index in [1.54, 1.807) is 26.2 Å². The molecule has 1 heterocycles. The van der Waals surface area contributed by atoms with Crippen LogP contribution < -0.4 is 10.6 Å². The van der Waals surface area contributed by atoms with Gasteiger partial charge >= 0.3 is 0 Å². The van der Waals surface area contributed by atoms with E-state index in [0.717, 1.165) is 38.0 Å². The quantitative estimate of drug-likeness (QED) is 0.292. The van der Waals surface area contributed by atoms with E-state index in [-0.39, 0.29) is 42.2 Å². The zero-order chi connectivity index (χ0) is 22.8. The number of aliphatic imine (C=N–C) groups is 1. The van der Waals surface area contributed by atoms with Crippen LogP contribution in [0.3, 0.4) is 0 Å². The number of nitrogens with zero attached hydrogens (tertiary/aromatic N) is 3. The van der Waals surface area contributed by atoms with Gasteiger partial charge in [0.05, 0.1) is 0 Å². The highest BCUT2D eigenvalue weighted by Gasteiger charge is 2.20. The molecule has 0 aromatic heterocycles. The number of amides is 1. The van der Waals surface area contributed by atoms with Gasteiger partial charge in [-0.2, -0.15) is 0 Å². The molecular formula is C25H35FIN5O. The smallest absolute Gasteiger partial charge is 0.243 e. The Hall–Kier alpha value is -2.20. The van der Waals surface area contributed by atoms with Gasteiger partial charge in [0, 0.05) is 46.3 Å². The van der Waals surface area contributed by atoms with Gasteiger partial charge in [-0.1, -0.05) is 42.5 Å². The maximum atomic E-state index is 13.4. The molecule has 0 atom stereocenters. The minimum Gasteiger partial charge on any atom is -0.356 e. The molecule has 0 bridgehead atoms. The van der Waals surface area contributed by atoms with Crippen molar-refractivity contribution < 1.29 is 9.18 Å². The number of piperidine rings is 1. The molecule has 0 saturated carbocycles. The summed E-state index contributed by atoms with van der Waals surface area (Å²) in [5, 5.41) is 6.81. The van der Waals surface area contributed by atoms with Gasteiger partial charge in [-0.15, -0.1) is 24.0 Å². The highest BCUT2D eigenvalue weighted by molar-refractivity contribution is 14.0. The number of benzene rings is 2. The molecule has 8 heteroatoms. The summed E-state index contributed by atoms with van der Waals surface area (Å²) in [5.41, 5.74) is 2.26. The number of likely N-dealkylation sites (tertiary alicyclic amines) is 1. The summed E-state index contributed by atoms with van der Waals surface area (Å²) >= 11 is 0. The molecule has 0 aliphatic carbocycles. The topological polar surface area (TPSA) is 60.0 Å². The maximum absolute atomic E-state index is 13.4. The van der Waals surface area contributed by atoms with Gasteiger partial charge in [0.25, 0.3) is 0 Å². The van der Waals surface area contributed by atoms with Crippen LogP contribution in [0.2, 0.25) is 0 Å². The number of hydrogen-bond acceptors (Lipinski definition) is 3. The van der Waals surface area contributed by atoms with E-state index in [1.165, 1.54) is 16.5 Å². The van der Waals surface area contributed by atoms with Gasteiger partial charge in [0.1, 0.15) is 12.4 Å². The Balaban J connectivity index is 0.00000385. The van der Waals surface area contributed by atoms with Gasteiger partial charge in [0.15, 0.2) is 5.96 Å². The molecule has 180 valence electrons. The van der Waals surface area contributed by atoms with Crippen LogP contribution in [-0.2, 0) is 17.8 Å². The summed E-state index contributed by atoms with van der Waals surface area (Å²) in [6.07, 6.45) is 2.70. The standard InChI is InChI=1S/C25H34FN5O.HI/c1-30(2)24(32)18-28-25(27-14-11-20-9-6-10-22(26)17-20)29-23-12-15-31(16-13-23)19-21-7-4-3-5-8-21;/h3-10,17,23H,11-16,18-19H2,1-2H3,(H2,27,28,29);1H.